The highest BCUT2D eigenvalue weighted by Gasteiger charge is 1.99. The van der Waals surface area contributed by atoms with E-state index in [1.165, 1.54) is 19.3 Å². The molecular formula is C16H27N3O2. The number of oxime groups is 1. The maximum Gasteiger partial charge on any atom is 0.170 e. The molecule has 0 heterocycles. The van der Waals surface area contributed by atoms with Gasteiger partial charge >= 0.3 is 0 Å². The van der Waals surface area contributed by atoms with Crippen molar-refractivity contribution in [2.45, 2.75) is 33.1 Å². The Hall–Kier alpha value is -1.75. The van der Waals surface area contributed by atoms with Crippen LogP contribution in [0.2, 0.25) is 0 Å². The summed E-state index contributed by atoms with van der Waals surface area (Å²) in [6.45, 7) is 7.02. The smallest absolute Gasteiger partial charge is 0.170 e. The Morgan fingerprint density at radius 2 is 1.95 bits per heavy atom. The van der Waals surface area contributed by atoms with Crippen LogP contribution >= 0.6 is 0 Å². The number of amidine groups is 1. The van der Waals surface area contributed by atoms with Gasteiger partial charge in [-0.25, -0.2) is 0 Å². The first-order chi connectivity index (χ1) is 10.1. The lowest BCUT2D eigenvalue weighted by Crippen LogP contribution is -2.22. The van der Waals surface area contributed by atoms with Crippen molar-refractivity contribution in [3.05, 3.63) is 29.8 Å². The summed E-state index contributed by atoms with van der Waals surface area (Å²) in [5, 5.41) is 14.9. The van der Waals surface area contributed by atoms with Crippen molar-refractivity contribution < 1.29 is 9.94 Å². The quantitative estimate of drug-likeness (QED) is 0.204. The molecule has 1 rings (SSSR count). The molecule has 0 spiro atoms. The lowest BCUT2D eigenvalue weighted by molar-refractivity contribution is 0.313. The zero-order valence-corrected chi connectivity index (χ0v) is 13.0. The molecular weight excluding hydrogens is 266 g/mol. The Balaban J connectivity index is 2.10. The molecule has 118 valence electrons. The fourth-order valence-corrected chi connectivity index (χ4v) is 1.95. The molecule has 0 saturated carbocycles. The van der Waals surface area contributed by atoms with E-state index < -0.39 is 0 Å². The number of nitrogens with two attached hydrogens (primary N) is 1. The molecule has 0 radical (unpaired) electrons. The van der Waals surface area contributed by atoms with Crippen LogP contribution in [0.4, 0.5) is 0 Å². The Morgan fingerprint density at radius 3 is 2.57 bits per heavy atom. The van der Waals surface area contributed by atoms with E-state index in [4.69, 9.17) is 15.7 Å². The zero-order valence-electron chi connectivity index (χ0n) is 13.0. The number of benzene rings is 1. The topological polar surface area (TPSA) is 79.9 Å². The highest BCUT2D eigenvalue weighted by molar-refractivity contribution is 5.97. The average molecular weight is 293 g/mol. The van der Waals surface area contributed by atoms with Crippen molar-refractivity contribution >= 4 is 5.84 Å². The van der Waals surface area contributed by atoms with E-state index in [2.05, 4.69) is 24.3 Å². The zero-order chi connectivity index (χ0) is 15.5. The number of hydrogen-bond acceptors (Lipinski definition) is 4. The van der Waals surface area contributed by atoms with Crippen LogP contribution in [0.5, 0.6) is 5.75 Å². The summed E-state index contributed by atoms with van der Waals surface area (Å²) < 4.78 is 5.61. The molecule has 0 aliphatic rings. The largest absolute Gasteiger partial charge is 0.492 e. The van der Waals surface area contributed by atoms with E-state index >= 15 is 0 Å². The van der Waals surface area contributed by atoms with E-state index in [9.17, 15) is 0 Å². The molecule has 0 fully saturated rings. The lowest BCUT2D eigenvalue weighted by Gasteiger charge is -2.08. The van der Waals surface area contributed by atoms with Crippen molar-refractivity contribution in [3.63, 3.8) is 0 Å². The minimum absolute atomic E-state index is 0.101. The predicted octanol–water partition coefficient (Wildman–Crippen LogP) is 2.58. The molecule has 0 aromatic heterocycles. The molecule has 21 heavy (non-hydrogen) atoms. The molecule has 0 atom stereocenters. The number of hydrogen-bond donors (Lipinski definition) is 3. The van der Waals surface area contributed by atoms with Crippen molar-refractivity contribution in [1.82, 2.24) is 5.32 Å². The minimum atomic E-state index is 0.101. The number of unbranched alkanes of at least 4 members (excludes halogenated alkanes) is 1. The van der Waals surface area contributed by atoms with E-state index in [1.807, 2.05) is 12.1 Å². The minimum Gasteiger partial charge on any atom is -0.492 e. The molecule has 0 bridgehead atoms. The van der Waals surface area contributed by atoms with Gasteiger partial charge in [0, 0.05) is 12.1 Å². The van der Waals surface area contributed by atoms with Crippen LogP contribution in [0.15, 0.2) is 29.4 Å². The molecule has 5 heteroatoms. The van der Waals surface area contributed by atoms with Gasteiger partial charge in [-0.1, -0.05) is 31.8 Å². The van der Waals surface area contributed by atoms with E-state index in [-0.39, 0.29) is 5.84 Å². The Bertz CT molecular complexity index is 416. The van der Waals surface area contributed by atoms with Crippen LogP contribution in [-0.4, -0.2) is 30.7 Å². The summed E-state index contributed by atoms with van der Waals surface area (Å²) in [6.07, 6.45) is 3.79. The number of nitrogens with zero attached hydrogens (tertiary/aromatic N) is 1. The van der Waals surface area contributed by atoms with Gasteiger partial charge in [-0.2, -0.15) is 0 Å². The van der Waals surface area contributed by atoms with Crippen molar-refractivity contribution in [2.24, 2.45) is 16.8 Å². The summed E-state index contributed by atoms with van der Waals surface area (Å²) in [5.74, 6) is 1.68. The van der Waals surface area contributed by atoms with Crippen molar-refractivity contribution in [1.29, 1.82) is 0 Å². The number of ether oxygens (including phenoxy) is 1. The maximum absolute atomic E-state index is 8.57. The van der Waals surface area contributed by atoms with Gasteiger partial charge in [-0.15, -0.1) is 0 Å². The van der Waals surface area contributed by atoms with E-state index in [0.717, 1.165) is 24.8 Å². The standard InChI is InChI=1S/C16H27N3O2/c1-13(2)5-3-4-10-18-11-12-21-15-8-6-14(7-9-15)16(17)19-20/h6-9,13,18,20H,3-5,10-12H2,1-2H3,(H2,17,19). The van der Waals surface area contributed by atoms with Gasteiger partial charge in [-0.05, 0) is 43.1 Å². The molecule has 0 amide bonds. The fourth-order valence-electron chi connectivity index (χ4n) is 1.95. The second-order valence-electron chi connectivity index (χ2n) is 5.50. The van der Waals surface area contributed by atoms with E-state index in [1.54, 1.807) is 12.1 Å². The van der Waals surface area contributed by atoms with Crippen molar-refractivity contribution in [3.8, 4) is 5.75 Å². The second-order valence-corrected chi connectivity index (χ2v) is 5.50. The highest BCUT2D eigenvalue weighted by Crippen LogP contribution is 2.11. The summed E-state index contributed by atoms with van der Waals surface area (Å²) in [7, 11) is 0. The Labute approximate surface area is 127 Å². The lowest BCUT2D eigenvalue weighted by atomic mass is 10.1. The predicted molar refractivity (Wildman–Crippen MR) is 86.0 cm³/mol. The van der Waals surface area contributed by atoms with Gasteiger partial charge < -0.3 is 21.0 Å². The Kier molecular flexibility index (Phi) is 8.28. The van der Waals surface area contributed by atoms with Gasteiger partial charge in [0.15, 0.2) is 5.84 Å². The number of rotatable bonds is 10. The third-order valence-electron chi connectivity index (χ3n) is 3.19. The fraction of sp³-hybridized carbons (Fsp3) is 0.562. The SMILES string of the molecule is CC(C)CCCCNCCOc1ccc(/C(N)=N/O)cc1. The third kappa shape index (κ3) is 7.56. The van der Waals surface area contributed by atoms with Gasteiger partial charge in [0.25, 0.3) is 0 Å². The summed E-state index contributed by atoms with van der Waals surface area (Å²) >= 11 is 0. The van der Waals surface area contributed by atoms with Crippen LogP contribution in [-0.2, 0) is 0 Å². The highest BCUT2D eigenvalue weighted by atomic mass is 16.5. The molecule has 0 aliphatic carbocycles. The van der Waals surface area contributed by atoms with Crippen LogP contribution in [0.1, 0.15) is 38.7 Å². The van der Waals surface area contributed by atoms with Crippen LogP contribution in [0.25, 0.3) is 0 Å². The van der Waals surface area contributed by atoms with Crippen molar-refractivity contribution in [2.75, 3.05) is 19.7 Å². The average Bonchev–Trinajstić information content (AvgIpc) is 2.49. The monoisotopic (exact) mass is 293 g/mol. The maximum atomic E-state index is 8.57. The van der Waals surface area contributed by atoms with Gasteiger partial charge in [0.1, 0.15) is 12.4 Å². The molecule has 0 unspecified atom stereocenters. The molecule has 4 N–H and O–H groups in total. The first kappa shape index (κ1) is 17.3. The second kappa shape index (κ2) is 10.0. The molecule has 5 nitrogen and oxygen atoms in total. The molecule has 0 saturated heterocycles. The first-order valence-corrected chi connectivity index (χ1v) is 7.55. The molecule has 1 aromatic rings. The Morgan fingerprint density at radius 1 is 1.24 bits per heavy atom. The first-order valence-electron chi connectivity index (χ1n) is 7.55. The van der Waals surface area contributed by atoms with E-state index in [0.29, 0.717) is 12.2 Å². The van der Waals surface area contributed by atoms with Gasteiger partial charge in [0.2, 0.25) is 0 Å². The van der Waals surface area contributed by atoms with Crippen LogP contribution in [0.3, 0.4) is 0 Å². The van der Waals surface area contributed by atoms with Crippen LogP contribution in [0, 0.1) is 5.92 Å². The summed E-state index contributed by atoms with van der Waals surface area (Å²) in [5.41, 5.74) is 6.17. The molecule has 0 aliphatic heterocycles. The van der Waals surface area contributed by atoms with Gasteiger partial charge in [-0.3, -0.25) is 0 Å². The normalized spacial score (nSPS) is 11.9. The number of nitrogens with one attached hydrogen (secondary N) is 1. The molecule has 1 aromatic carbocycles. The third-order valence-corrected chi connectivity index (χ3v) is 3.19. The van der Waals surface area contributed by atoms with Crippen LogP contribution < -0.4 is 15.8 Å². The summed E-state index contributed by atoms with van der Waals surface area (Å²) in [4.78, 5) is 0. The summed E-state index contributed by atoms with van der Waals surface area (Å²) in [6, 6.07) is 7.17. The van der Waals surface area contributed by atoms with Gasteiger partial charge in [0.05, 0.1) is 0 Å².